The molecule has 0 amide bonds. The van der Waals surface area contributed by atoms with Gasteiger partial charge in [-0.1, -0.05) is 18.6 Å². The molecular formula is C22H28N6O2. The van der Waals surface area contributed by atoms with Crippen molar-refractivity contribution in [3.63, 3.8) is 0 Å². The largest absolute Gasteiger partial charge is 0.467 e. The zero-order chi connectivity index (χ0) is 20.6. The van der Waals surface area contributed by atoms with Crippen LogP contribution in [0.15, 0.2) is 47.1 Å². The van der Waals surface area contributed by atoms with Gasteiger partial charge in [0.2, 0.25) is 11.9 Å². The highest BCUT2D eigenvalue weighted by Gasteiger charge is 2.12. The lowest BCUT2D eigenvalue weighted by molar-refractivity contribution is 0.221. The predicted octanol–water partition coefficient (Wildman–Crippen LogP) is 4.20. The molecule has 8 heteroatoms. The quantitative estimate of drug-likeness (QED) is 0.544. The minimum absolute atomic E-state index is 0.279. The second-order valence-corrected chi connectivity index (χ2v) is 7.29. The molecule has 1 aliphatic heterocycles. The Morgan fingerprint density at radius 1 is 1.03 bits per heavy atom. The van der Waals surface area contributed by atoms with Gasteiger partial charge in [0, 0.05) is 12.2 Å². The van der Waals surface area contributed by atoms with E-state index >= 15 is 0 Å². The van der Waals surface area contributed by atoms with E-state index < -0.39 is 0 Å². The number of ether oxygens (including phenoxy) is 1. The molecule has 0 bridgehead atoms. The van der Waals surface area contributed by atoms with E-state index in [0.29, 0.717) is 25.0 Å². The van der Waals surface area contributed by atoms with Gasteiger partial charge in [0.25, 0.3) is 0 Å². The molecular weight excluding hydrogens is 380 g/mol. The van der Waals surface area contributed by atoms with Crippen LogP contribution in [0.4, 0.5) is 17.6 Å². The average Bonchev–Trinajstić information content (AvgIpc) is 3.27. The van der Waals surface area contributed by atoms with Gasteiger partial charge in [0.1, 0.15) is 5.76 Å². The predicted molar refractivity (Wildman–Crippen MR) is 116 cm³/mol. The summed E-state index contributed by atoms with van der Waals surface area (Å²) in [4.78, 5) is 15.7. The number of nitrogens with one attached hydrogen (secondary N) is 2. The van der Waals surface area contributed by atoms with Gasteiger partial charge in [0.05, 0.1) is 19.4 Å². The molecule has 8 nitrogen and oxygen atoms in total. The van der Waals surface area contributed by atoms with E-state index in [1.54, 1.807) is 6.26 Å². The molecule has 2 N–H and O–H groups in total. The van der Waals surface area contributed by atoms with E-state index in [2.05, 4.69) is 48.7 Å². The first kappa shape index (κ1) is 20.2. The molecule has 0 radical (unpaired) electrons. The van der Waals surface area contributed by atoms with Gasteiger partial charge in [0.15, 0.2) is 0 Å². The highest BCUT2D eigenvalue weighted by Crippen LogP contribution is 2.20. The molecule has 1 aromatic carbocycles. The van der Waals surface area contributed by atoms with Crippen molar-refractivity contribution < 1.29 is 9.15 Å². The van der Waals surface area contributed by atoms with Crippen LogP contribution in [0, 0.1) is 0 Å². The minimum Gasteiger partial charge on any atom is -0.467 e. The fraction of sp³-hybridized carbons (Fsp3) is 0.409. The molecule has 0 atom stereocenters. The van der Waals surface area contributed by atoms with Crippen LogP contribution in [0.1, 0.15) is 37.5 Å². The molecule has 1 fully saturated rings. The van der Waals surface area contributed by atoms with E-state index in [0.717, 1.165) is 18.0 Å². The molecule has 0 saturated carbocycles. The Bertz CT molecular complexity index is 925. The van der Waals surface area contributed by atoms with Gasteiger partial charge in [-0.25, -0.2) is 0 Å². The first-order valence-corrected chi connectivity index (χ1v) is 10.5. The standard InChI is InChI=1S/C22H28N6O2/c1-2-29-22-26-20(23-15-19-10-7-13-30-19)25-21(27-22)24-18-9-6-8-17(14-18)16-28-11-4-3-5-12-28/h6-10,13-14H,2-5,11-12,15-16H2,1H3,(H2,23,24,25,26,27). The topological polar surface area (TPSA) is 88.3 Å². The lowest BCUT2D eigenvalue weighted by Crippen LogP contribution is -2.29. The summed E-state index contributed by atoms with van der Waals surface area (Å²) < 4.78 is 10.9. The second-order valence-electron chi connectivity index (χ2n) is 7.29. The van der Waals surface area contributed by atoms with Crippen molar-refractivity contribution >= 4 is 17.6 Å². The highest BCUT2D eigenvalue weighted by atomic mass is 16.5. The fourth-order valence-electron chi connectivity index (χ4n) is 3.52. The first-order valence-electron chi connectivity index (χ1n) is 10.5. The van der Waals surface area contributed by atoms with Gasteiger partial charge >= 0.3 is 6.01 Å². The number of benzene rings is 1. The average molecular weight is 409 g/mol. The van der Waals surface area contributed by atoms with Crippen molar-refractivity contribution in [2.45, 2.75) is 39.3 Å². The number of hydrogen-bond donors (Lipinski definition) is 2. The molecule has 3 aromatic rings. The van der Waals surface area contributed by atoms with Crippen LogP contribution in [-0.4, -0.2) is 39.5 Å². The summed E-state index contributed by atoms with van der Waals surface area (Å²) in [6, 6.07) is 12.4. The number of anilines is 3. The van der Waals surface area contributed by atoms with Gasteiger partial charge in [-0.05, 0) is 62.7 Å². The Labute approximate surface area is 176 Å². The normalized spacial score (nSPS) is 14.4. The maximum absolute atomic E-state index is 5.51. The SMILES string of the molecule is CCOc1nc(NCc2ccco2)nc(Nc2cccc(CN3CCCCC3)c2)n1. The van der Waals surface area contributed by atoms with Crippen LogP contribution < -0.4 is 15.4 Å². The van der Waals surface area contributed by atoms with E-state index in [1.165, 1.54) is 37.9 Å². The third-order valence-corrected chi connectivity index (χ3v) is 4.93. The Morgan fingerprint density at radius 2 is 1.90 bits per heavy atom. The second kappa shape index (κ2) is 10.1. The maximum atomic E-state index is 5.51. The van der Waals surface area contributed by atoms with Crippen LogP contribution in [0.5, 0.6) is 6.01 Å². The number of nitrogens with zero attached hydrogens (tertiary/aromatic N) is 4. The van der Waals surface area contributed by atoms with Crippen molar-refractivity contribution in [3.05, 3.63) is 54.0 Å². The van der Waals surface area contributed by atoms with Crippen LogP contribution >= 0.6 is 0 Å². The van der Waals surface area contributed by atoms with Gasteiger partial charge in [-0.3, -0.25) is 4.90 Å². The summed E-state index contributed by atoms with van der Waals surface area (Å²) in [6.45, 7) is 6.17. The molecule has 0 aliphatic carbocycles. The van der Waals surface area contributed by atoms with Crippen molar-refractivity contribution in [2.75, 3.05) is 30.3 Å². The molecule has 4 rings (SSSR count). The van der Waals surface area contributed by atoms with E-state index in [1.807, 2.05) is 25.1 Å². The van der Waals surface area contributed by atoms with Crippen LogP contribution in [0.25, 0.3) is 0 Å². The molecule has 3 heterocycles. The number of furan rings is 1. The van der Waals surface area contributed by atoms with Crippen molar-refractivity contribution in [2.24, 2.45) is 0 Å². The zero-order valence-corrected chi connectivity index (χ0v) is 17.3. The molecule has 1 saturated heterocycles. The summed E-state index contributed by atoms with van der Waals surface area (Å²) in [6.07, 6.45) is 5.56. The zero-order valence-electron chi connectivity index (χ0n) is 17.3. The first-order chi connectivity index (χ1) is 14.8. The Kier molecular flexibility index (Phi) is 6.76. The maximum Gasteiger partial charge on any atom is 0.323 e. The van der Waals surface area contributed by atoms with E-state index in [9.17, 15) is 0 Å². The Balaban J connectivity index is 1.46. The smallest absolute Gasteiger partial charge is 0.323 e. The van der Waals surface area contributed by atoms with E-state index in [4.69, 9.17) is 9.15 Å². The Hall–Kier alpha value is -3.13. The van der Waals surface area contributed by atoms with Crippen molar-refractivity contribution in [1.82, 2.24) is 19.9 Å². The summed E-state index contributed by atoms with van der Waals surface area (Å²) in [7, 11) is 0. The molecule has 2 aromatic heterocycles. The minimum atomic E-state index is 0.279. The van der Waals surface area contributed by atoms with E-state index in [-0.39, 0.29) is 6.01 Å². The number of hydrogen-bond acceptors (Lipinski definition) is 8. The van der Waals surface area contributed by atoms with Gasteiger partial charge < -0.3 is 19.8 Å². The molecule has 30 heavy (non-hydrogen) atoms. The third-order valence-electron chi connectivity index (χ3n) is 4.93. The summed E-state index contributed by atoms with van der Waals surface area (Å²) in [5, 5.41) is 6.44. The fourth-order valence-corrected chi connectivity index (χ4v) is 3.52. The van der Waals surface area contributed by atoms with Crippen LogP contribution in [-0.2, 0) is 13.1 Å². The van der Waals surface area contributed by atoms with Crippen LogP contribution in [0.3, 0.4) is 0 Å². The van der Waals surface area contributed by atoms with Crippen LogP contribution in [0.2, 0.25) is 0 Å². The molecule has 158 valence electrons. The van der Waals surface area contributed by atoms with Crippen molar-refractivity contribution in [3.8, 4) is 6.01 Å². The van der Waals surface area contributed by atoms with Gasteiger partial charge in [-0.15, -0.1) is 0 Å². The van der Waals surface area contributed by atoms with Crippen molar-refractivity contribution in [1.29, 1.82) is 0 Å². The molecule has 0 unspecified atom stereocenters. The monoisotopic (exact) mass is 408 g/mol. The summed E-state index contributed by atoms with van der Waals surface area (Å²) >= 11 is 0. The number of piperidine rings is 1. The van der Waals surface area contributed by atoms with Gasteiger partial charge in [-0.2, -0.15) is 15.0 Å². The number of aromatic nitrogens is 3. The molecule has 1 aliphatic rings. The number of likely N-dealkylation sites (tertiary alicyclic amines) is 1. The lowest BCUT2D eigenvalue weighted by atomic mass is 10.1. The summed E-state index contributed by atoms with van der Waals surface area (Å²) in [5.41, 5.74) is 2.22. The highest BCUT2D eigenvalue weighted by molar-refractivity contribution is 5.55. The summed E-state index contributed by atoms with van der Waals surface area (Å²) in [5.74, 6) is 1.66. The lowest BCUT2D eigenvalue weighted by Gasteiger charge is -2.26. The number of rotatable bonds is 9. The third kappa shape index (κ3) is 5.70. The Morgan fingerprint density at radius 3 is 2.70 bits per heavy atom. The molecule has 0 spiro atoms.